The number of nitrogens with zero attached hydrogens (tertiary/aromatic N) is 5. The van der Waals surface area contributed by atoms with Gasteiger partial charge < -0.3 is 15.3 Å². The largest absolute Gasteiger partial charge is 0.394 e. The molecule has 1 aliphatic carbocycles. The first-order chi connectivity index (χ1) is 15.5. The quantitative estimate of drug-likeness (QED) is 0.673. The lowest BCUT2D eigenvalue weighted by molar-refractivity contribution is 0.143. The van der Waals surface area contributed by atoms with Crippen molar-refractivity contribution in [2.45, 2.75) is 61.0 Å². The first-order valence-corrected chi connectivity index (χ1v) is 12.7. The number of aryl methyl sites for hydroxylation is 1. The average molecular weight is 481 g/mol. The maximum atomic E-state index is 15.2. The summed E-state index contributed by atoms with van der Waals surface area (Å²) >= 11 is 5.86. The molecule has 2 aliphatic heterocycles. The molecule has 3 atom stereocenters. The van der Waals surface area contributed by atoms with Crippen LogP contribution in [0, 0.1) is 0 Å². The second-order valence-corrected chi connectivity index (χ2v) is 10.8. The van der Waals surface area contributed by atoms with Crippen LogP contribution in [0.5, 0.6) is 0 Å². The highest BCUT2D eigenvalue weighted by Crippen LogP contribution is 2.38. The number of rotatable bonds is 5. The maximum absolute atomic E-state index is 15.2. The minimum atomic E-state index is -1.18. The monoisotopic (exact) mass is 480 g/mol. The van der Waals surface area contributed by atoms with Crippen LogP contribution in [0.1, 0.15) is 49.5 Å². The first-order valence-electron chi connectivity index (χ1n) is 11.0. The predicted molar refractivity (Wildman–Crippen MR) is 120 cm³/mol. The van der Waals surface area contributed by atoms with Crippen LogP contribution in [0.25, 0.3) is 0 Å². The zero-order valence-corrected chi connectivity index (χ0v) is 19.2. The number of anilines is 2. The fraction of sp³-hybridized carbons (Fsp3) is 0.619. The number of hydrogen-bond acceptors (Lipinski definition) is 8. The summed E-state index contributed by atoms with van der Waals surface area (Å²) in [6.45, 7) is 0.680. The molecule has 2 aromatic rings. The second-order valence-electron chi connectivity index (χ2n) is 8.83. The Bertz CT molecular complexity index is 1020. The fourth-order valence-corrected chi connectivity index (χ4v) is 6.09. The molecule has 1 saturated carbocycles. The molecule has 3 aliphatic rings. The topological polar surface area (TPSA) is 104 Å². The van der Waals surface area contributed by atoms with E-state index < -0.39 is 28.4 Å². The molecule has 32 heavy (non-hydrogen) atoms. The molecule has 2 aromatic heterocycles. The Kier molecular flexibility index (Phi) is 6.02. The van der Waals surface area contributed by atoms with Crippen molar-refractivity contribution in [1.29, 1.82) is 0 Å². The SMILES string of the molecule is O=[S@@]1CCCc2nc(N3CCC(c4ncc(Cl)cn4)C(F)C3)nc(NC3(CO)CCC3)c21. The van der Waals surface area contributed by atoms with Gasteiger partial charge in [0.1, 0.15) is 22.7 Å². The Morgan fingerprint density at radius 1 is 1.28 bits per heavy atom. The van der Waals surface area contributed by atoms with E-state index in [2.05, 4.69) is 15.3 Å². The van der Waals surface area contributed by atoms with Crippen LogP contribution in [-0.2, 0) is 17.2 Å². The lowest BCUT2D eigenvalue weighted by Gasteiger charge is -2.42. The highest BCUT2D eigenvalue weighted by atomic mass is 35.5. The van der Waals surface area contributed by atoms with E-state index in [4.69, 9.17) is 21.6 Å². The Balaban J connectivity index is 1.42. The van der Waals surface area contributed by atoms with Gasteiger partial charge in [0.05, 0.1) is 46.1 Å². The highest BCUT2D eigenvalue weighted by Gasteiger charge is 2.39. The van der Waals surface area contributed by atoms with E-state index in [9.17, 15) is 9.32 Å². The van der Waals surface area contributed by atoms with Gasteiger partial charge in [-0.2, -0.15) is 4.98 Å². The number of nitrogens with one attached hydrogen (secondary N) is 1. The van der Waals surface area contributed by atoms with Gasteiger partial charge in [-0.05, 0) is 38.5 Å². The van der Waals surface area contributed by atoms with Gasteiger partial charge in [-0.1, -0.05) is 11.6 Å². The molecule has 0 radical (unpaired) electrons. The zero-order chi connectivity index (χ0) is 22.3. The van der Waals surface area contributed by atoms with E-state index in [1.807, 2.05) is 4.90 Å². The molecule has 0 spiro atoms. The minimum Gasteiger partial charge on any atom is -0.394 e. The van der Waals surface area contributed by atoms with Crippen molar-refractivity contribution in [3.63, 3.8) is 0 Å². The molecule has 0 amide bonds. The van der Waals surface area contributed by atoms with E-state index in [-0.39, 0.29) is 13.2 Å². The van der Waals surface area contributed by atoms with Crippen LogP contribution in [-0.4, -0.2) is 66.4 Å². The van der Waals surface area contributed by atoms with Crippen molar-refractivity contribution in [1.82, 2.24) is 19.9 Å². The number of hydrogen-bond donors (Lipinski definition) is 2. The van der Waals surface area contributed by atoms with Crippen LogP contribution < -0.4 is 10.2 Å². The number of aromatic nitrogens is 4. The molecule has 2 unspecified atom stereocenters. The third-order valence-electron chi connectivity index (χ3n) is 6.69. The molecule has 0 bridgehead atoms. The fourth-order valence-electron chi connectivity index (χ4n) is 4.66. The number of piperidine rings is 1. The smallest absolute Gasteiger partial charge is 0.227 e. The molecular formula is C21H26ClFN6O2S. The van der Waals surface area contributed by atoms with Crippen molar-refractivity contribution < 1.29 is 13.7 Å². The summed E-state index contributed by atoms with van der Waals surface area (Å²) in [7, 11) is -1.18. The van der Waals surface area contributed by atoms with Crippen LogP contribution in [0.15, 0.2) is 17.3 Å². The average Bonchev–Trinajstić information content (AvgIpc) is 2.77. The molecule has 0 aromatic carbocycles. The van der Waals surface area contributed by atoms with Gasteiger partial charge in [0.2, 0.25) is 5.95 Å². The third-order valence-corrected chi connectivity index (χ3v) is 8.43. The van der Waals surface area contributed by atoms with Crippen LogP contribution in [0.2, 0.25) is 5.02 Å². The van der Waals surface area contributed by atoms with Crippen LogP contribution in [0.4, 0.5) is 16.2 Å². The number of aliphatic hydroxyl groups is 1. The zero-order valence-electron chi connectivity index (χ0n) is 17.6. The molecule has 4 heterocycles. The lowest BCUT2D eigenvalue weighted by atomic mass is 9.77. The molecule has 5 rings (SSSR count). The van der Waals surface area contributed by atoms with Crippen molar-refractivity contribution in [2.24, 2.45) is 0 Å². The van der Waals surface area contributed by atoms with E-state index >= 15 is 4.39 Å². The van der Waals surface area contributed by atoms with E-state index in [0.29, 0.717) is 52.6 Å². The summed E-state index contributed by atoms with van der Waals surface area (Å²) in [5, 5.41) is 13.7. The minimum absolute atomic E-state index is 0.00716. The van der Waals surface area contributed by atoms with Crippen LogP contribution in [0.3, 0.4) is 0 Å². The maximum Gasteiger partial charge on any atom is 0.227 e. The predicted octanol–water partition coefficient (Wildman–Crippen LogP) is 2.63. The Labute approximate surface area is 193 Å². The van der Waals surface area contributed by atoms with Gasteiger partial charge in [0.15, 0.2) is 0 Å². The molecule has 2 fully saturated rings. The van der Waals surface area contributed by atoms with Gasteiger partial charge in [-0.15, -0.1) is 0 Å². The number of aliphatic hydroxyl groups excluding tert-OH is 1. The Morgan fingerprint density at radius 3 is 2.72 bits per heavy atom. The van der Waals surface area contributed by atoms with E-state index in [0.717, 1.165) is 31.4 Å². The second kappa shape index (κ2) is 8.79. The van der Waals surface area contributed by atoms with E-state index in [1.165, 1.54) is 12.4 Å². The van der Waals surface area contributed by atoms with Crippen molar-refractivity contribution in [3.05, 3.63) is 28.9 Å². The lowest BCUT2D eigenvalue weighted by Crippen LogP contribution is -2.49. The number of alkyl halides is 1. The summed E-state index contributed by atoms with van der Waals surface area (Å²) in [6, 6.07) is 0. The van der Waals surface area contributed by atoms with Gasteiger partial charge in [-0.25, -0.2) is 19.3 Å². The molecule has 172 valence electrons. The summed E-state index contributed by atoms with van der Waals surface area (Å²) in [6.07, 6.45) is 6.54. The van der Waals surface area contributed by atoms with Gasteiger partial charge in [0, 0.05) is 24.7 Å². The molecule has 2 N–H and O–H groups in total. The van der Waals surface area contributed by atoms with Crippen molar-refractivity contribution >= 4 is 34.2 Å². The van der Waals surface area contributed by atoms with Gasteiger partial charge in [0.25, 0.3) is 0 Å². The highest BCUT2D eigenvalue weighted by molar-refractivity contribution is 7.85. The normalized spacial score (nSPS) is 26.8. The van der Waals surface area contributed by atoms with Crippen LogP contribution >= 0.6 is 11.6 Å². The summed E-state index contributed by atoms with van der Waals surface area (Å²) in [5.74, 6) is 1.60. The van der Waals surface area contributed by atoms with E-state index in [1.54, 1.807) is 0 Å². The summed E-state index contributed by atoms with van der Waals surface area (Å²) < 4.78 is 27.9. The molecular weight excluding hydrogens is 455 g/mol. The summed E-state index contributed by atoms with van der Waals surface area (Å²) in [5.41, 5.74) is 0.329. The Hall–Kier alpha value is -1.91. The first kappa shape index (κ1) is 21.9. The summed E-state index contributed by atoms with van der Waals surface area (Å²) in [4.78, 5) is 20.3. The van der Waals surface area contributed by atoms with Gasteiger partial charge in [-0.3, -0.25) is 4.21 Å². The number of halogens is 2. The number of fused-ring (bicyclic) bond motifs is 1. The standard InChI is InChI=1S/C21H26ClFN6O2S/c22-13-9-24-18(25-10-13)14-4-7-29(11-15(14)23)20-26-16-3-1-8-32(31)17(16)19(27-20)28-21(12-30)5-2-6-21/h9-10,14-15,30H,1-8,11-12H2,(H,26,27,28)/t14?,15?,32-/m1/s1. The van der Waals surface area contributed by atoms with Crippen molar-refractivity contribution in [3.8, 4) is 0 Å². The molecule has 1 saturated heterocycles. The molecule has 11 heteroatoms. The van der Waals surface area contributed by atoms with Gasteiger partial charge >= 0.3 is 0 Å². The van der Waals surface area contributed by atoms with Crippen molar-refractivity contribution in [2.75, 3.05) is 35.7 Å². The Morgan fingerprint density at radius 2 is 2.06 bits per heavy atom. The third kappa shape index (κ3) is 4.08. The molecule has 8 nitrogen and oxygen atoms in total.